The standard InChI is InChI=1S/C20H17N3O6/c1-12-4-2-3-5-16(12)23-19(27)15(18(26)22-20(23)28)10-21-13-6-8-14(9-7-13)29-11-17(24)25/h2-10,27H,11H2,1H3,(H,24,25)(H,22,26,28)/p-1. The molecule has 0 atom stereocenters. The van der Waals surface area contributed by atoms with Gasteiger partial charge in [0.1, 0.15) is 17.9 Å². The van der Waals surface area contributed by atoms with Gasteiger partial charge in [-0.1, -0.05) is 18.2 Å². The molecule has 2 aromatic carbocycles. The summed E-state index contributed by atoms with van der Waals surface area (Å²) >= 11 is 0. The number of carbonyl (C=O) groups is 1. The van der Waals surface area contributed by atoms with E-state index >= 15 is 0 Å². The number of aryl methyl sites for hydroxylation is 1. The van der Waals surface area contributed by atoms with Crippen molar-refractivity contribution in [2.45, 2.75) is 6.92 Å². The average molecular weight is 394 g/mol. The Morgan fingerprint density at radius 3 is 2.55 bits per heavy atom. The highest BCUT2D eigenvalue weighted by Crippen LogP contribution is 2.20. The van der Waals surface area contributed by atoms with Crippen molar-refractivity contribution in [1.82, 2.24) is 9.55 Å². The Kier molecular flexibility index (Phi) is 5.59. The maximum absolute atomic E-state index is 12.2. The number of aromatic amines is 1. The van der Waals surface area contributed by atoms with Crippen LogP contribution in [0.3, 0.4) is 0 Å². The summed E-state index contributed by atoms with van der Waals surface area (Å²) in [6.45, 7) is 1.19. The Labute approximate surface area is 164 Å². The second-order valence-corrected chi connectivity index (χ2v) is 6.03. The number of nitrogens with zero attached hydrogens (tertiary/aromatic N) is 2. The maximum atomic E-state index is 12.2. The molecule has 1 heterocycles. The van der Waals surface area contributed by atoms with Crippen LogP contribution in [0.1, 0.15) is 11.1 Å². The molecular formula is C20H16N3O6-. The summed E-state index contributed by atoms with van der Waals surface area (Å²) < 4.78 is 5.96. The van der Waals surface area contributed by atoms with Gasteiger partial charge in [-0.05, 0) is 42.8 Å². The van der Waals surface area contributed by atoms with Gasteiger partial charge in [-0.25, -0.2) is 9.36 Å². The number of carboxylic acids is 1. The number of nitrogens with one attached hydrogen (secondary N) is 1. The van der Waals surface area contributed by atoms with Gasteiger partial charge in [0, 0.05) is 6.21 Å². The summed E-state index contributed by atoms with van der Waals surface area (Å²) in [6.07, 6.45) is 1.14. The molecule has 0 aliphatic heterocycles. The molecule has 9 nitrogen and oxygen atoms in total. The fraction of sp³-hybridized carbons (Fsp3) is 0.100. The molecule has 2 N–H and O–H groups in total. The third kappa shape index (κ3) is 4.41. The number of rotatable bonds is 6. The van der Waals surface area contributed by atoms with Crippen molar-refractivity contribution in [3.63, 3.8) is 0 Å². The van der Waals surface area contributed by atoms with Gasteiger partial charge in [-0.2, -0.15) is 0 Å². The van der Waals surface area contributed by atoms with E-state index in [9.17, 15) is 24.6 Å². The highest BCUT2D eigenvalue weighted by atomic mass is 16.5. The minimum absolute atomic E-state index is 0.190. The molecule has 1 aromatic heterocycles. The fourth-order valence-electron chi connectivity index (χ4n) is 2.60. The fourth-order valence-corrected chi connectivity index (χ4v) is 2.60. The summed E-state index contributed by atoms with van der Waals surface area (Å²) in [4.78, 5) is 41.1. The number of ether oxygens (including phenoxy) is 1. The first-order chi connectivity index (χ1) is 13.9. The number of aliphatic carboxylic acids is 1. The molecule has 0 bridgehead atoms. The smallest absolute Gasteiger partial charge is 0.335 e. The number of hydrogen-bond acceptors (Lipinski definition) is 7. The highest BCUT2D eigenvalue weighted by molar-refractivity contribution is 5.84. The van der Waals surface area contributed by atoms with Crippen molar-refractivity contribution >= 4 is 17.9 Å². The molecule has 3 aromatic rings. The SMILES string of the molecule is Cc1ccccc1-n1c(O)c(C=Nc2ccc(OCC(=O)[O-])cc2)c(=O)[nH]c1=O. The van der Waals surface area contributed by atoms with E-state index < -0.39 is 29.7 Å². The second-order valence-electron chi connectivity index (χ2n) is 6.03. The van der Waals surface area contributed by atoms with Crippen molar-refractivity contribution in [3.8, 4) is 17.3 Å². The molecule has 29 heavy (non-hydrogen) atoms. The normalized spacial score (nSPS) is 10.9. The van der Waals surface area contributed by atoms with Crippen molar-refractivity contribution in [3.05, 3.63) is 80.5 Å². The van der Waals surface area contributed by atoms with Gasteiger partial charge in [0.05, 0.1) is 17.3 Å². The van der Waals surface area contributed by atoms with E-state index in [0.717, 1.165) is 16.3 Å². The molecule has 9 heteroatoms. The van der Waals surface area contributed by atoms with Crippen molar-refractivity contribution in [1.29, 1.82) is 0 Å². The number of aliphatic imine (C=N–C) groups is 1. The van der Waals surface area contributed by atoms with Crippen LogP contribution in [-0.2, 0) is 4.79 Å². The minimum atomic E-state index is -1.34. The Morgan fingerprint density at radius 2 is 1.90 bits per heavy atom. The number of para-hydroxylation sites is 1. The van der Waals surface area contributed by atoms with E-state index in [2.05, 4.69) is 9.98 Å². The van der Waals surface area contributed by atoms with Crippen LogP contribution in [0.15, 0.2) is 63.1 Å². The predicted octanol–water partition coefficient (Wildman–Crippen LogP) is 0.419. The monoisotopic (exact) mass is 394 g/mol. The lowest BCUT2D eigenvalue weighted by Crippen LogP contribution is -2.31. The molecule has 0 saturated carbocycles. The van der Waals surface area contributed by atoms with Gasteiger partial charge in [0.2, 0.25) is 5.88 Å². The molecule has 0 fully saturated rings. The molecule has 0 saturated heterocycles. The van der Waals surface area contributed by atoms with Gasteiger partial charge in [0.25, 0.3) is 5.56 Å². The van der Waals surface area contributed by atoms with Gasteiger partial charge in [-0.3, -0.25) is 14.8 Å². The number of benzene rings is 2. The van der Waals surface area contributed by atoms with Crippen LogP contribution in [-0.4, -0.2) is 33.4 Å². The first-order valence-corrected chi connectivity index (χ1v) is 8.48. The first kappa shape index (κ1) is 19.6. The lowest BCUT2D eigenvalue weighted by molar-refractivity contribution is -0.307. The van der Waals surface area contributed by atoms with E-state index in [1.807, 2.05) is 0 Å². The van der Waals surface area contributed by atoms with Crippen LogP contribution in [0.5, 0.6) is 11.6 Å². The number of aromatic nitrogens is 2. The molecule has 0 aliphatic carbocycles. The van der Waals surface area contributed by atoms with Crippen LogP contribution < -0.4 is 21.1 Å². The van der Waals surface area contributed by atoms with Gasteiger partial charge >= 0.3 is 5.69 Å². The van der Waals surface area contributed by atoms with E-state index in [1.165, 1.54) is 24.3 Å². The van der Waals surface area contributed by atoms with Crippen LogP contribution in [0.25, 0.3) is 5.69 Å². The average Bonchev–Trinajstić information content (AvgIpc) is 2.68. The second kappa shape index (κ2) is 8.26. The molecule has 3 rings (SSSR count). The Bertz CT molecular complexity index is 1190. The number of aromatic hydroxyl groups is 1. The quantitative estimate of drug-likeness (QED) is 0.582. The maximum Gasteiger partial charge on any atom is 0.335 e. The van der Waals surface area contributed by atoms with Gasteiger partial charge in [-0.15, -0.1) is 0 Å². The summed E-state index contributed by atoms with van der Waals surface area (Å²) in [5.74, 6) is -1.57. The zero-order valence-electron chi connectivity index (χ0n) is 15.3. The highest BCUT2D eigenvalue weighted by Gasteiger charge is 2.15. The van der Waals surface area contributed by atoms with Crippen LogP contribution in [0.4, 0.5) is 5.69 Å². The Hall–Kier alpha value is -4.14. The lowest BCUT2D eigenvalue weighted by Gasteiger charge is -2.11. The number of carbonyl (C=O) groups excluding carboxylic acids is 1. The van der Waals surface area contributed by atoms with Crippen LogP contribution in [0.2, 0.25) is 0 Å². The van der Waals surface area contributed by atoms with E-state index in [-0.39, 0.29) is 5.56 Å². The van der Waals surface area contributed by atoms with Gasteiger partial charge in [0.15, 0.2) is 0 Å². The molecule has 0 aliphatic rings. The van der Waals surface area contributed by atoms with Crippen LogP contribution >= 0.6 is 0 Å². The number of carboxylic acid groups (broad SMARTS) is 1. The predicted molar refractivity (Wildman–Crippen MR) is 103 cm³/mol. The number of hydrogen-bond donors (Lipinski definition) is 2. The lowest BCUT2D eigenvalue weighted by atomic mass is 10.2. The Morgan fingerprint density at radius 1 is 1.21 bits per heavy atom. The van der Waals surface area contributed by atoms with E-state index in [4.69, 9.17) is 4.74 Å². The first-order valence-electron chi connectivity index (χ1n) is 8.48. The molecule has 0 spiro atoms. The molecular weight excluding hydrogens is 378 g/mol. The summed E-state index contributed by atoms with van der Waals surface area (Å²) in [7, 11) is 0. The topological polar surface area (TPSA) is 137 Å². The van der Waals surface area contributed by atoms with E-state index in [1.54, 1.807) is 31.2 Å². The van der Waals surface area contributed by atoms with E-state index in [0.29, 0.717) is 17.1 Å². The van der Waals surface area contributed by atoms with Gasteiger partial charge < -0.3 is 19.7 Å². The number of H-pyrrole nitrogens is 1. The molecule has 148 valence electrons. The zero-order valence-corrected chi connectivity index (χ0v) is 15.3. The summed E-state index contributed by atoms with van der Waals surface area (Å²) in [6, 6.07) is 13.0. The van der Waals surface area contributed by atoms with Crippen molar-refractivity contribution < 1.29 is 19.7 Å². The molecule has 0 unspecified atom stereocenters. The van der Waals surface area contributed by atoms with Crippen molar-refractivity contribution in [2.24, 2.45) is 4.99 Å². The zero-order chi connectivity index (χ0) is 21.0. The molecule has 0 amide bonds. The summed E-state index contributed by atoms with van der Waals surface area (Å²) in [5, 5.41) is 20.9. The summed E-state index contributed by atoms with van der Waals surface area (Å²) in [5.41, 5.74) is -0.172. The largest absolute Gasteiger partial charge is 0.546 e. The minimum Gasteiger partial charge on any atom is -0.546 e. The third-order valence-corrected chi connectivity index (χ3v) is 4.01. The van der Waals surface area contributed by atoms with Crippen LogP contribution in [0, 0.1) is 6.92 Å². The Balaban J connectivity index is 1.94. The third-order valence-electron chi connectivity index (χ3n) is 4.01. The van der Waals surface area contributed by atoms with Crippen molar-refractivity contribution in [2.75, 3.05) is 6.61 Å². The molecule has 0 radical (unpaired) electrons.